The van der Waals surface area contributed by atoms with Gasteiger partial charge in [-0.15, -0.1) is 0 Å². The predicted octanol–water partition coefficient (Wildman–Crippen LogP) is 4.27. The number of para-hydroxylation sites is 1. The normalized spacial score (nSPS) is 14.4. The molecule has 1 aliphatic carbocycles. The first kappa shape index (κ1) is 19.7. The molecular weight excluding hydrogens is 380 g/mol. The number of carbonyl (C=O) groups excluding carboxylic acids is 2. The minimum Gasteiger partial charge on any atom is -0.490 e. The number of hydrogen-bond acceptors (Lipinski definition) is 4. The van der Waals surface area contributed by atoms with E-state index in [1.165, 1.54) is 0 Å². The van der Waals surface area contributed by atoms with Crippen LogP contribution in [-0.2, 0) is 4.79 Å². The summed E-state index contributed by atoms with van der Waals surface area (Å²) in [5, 5.41) is 9.85. The van der Waals surface area contributed by atoms with Crippen LogP contribution < -0.4 is 15.4 Å². The maximum atomic E-state index is 12.8. The van der Waals surface area contributed by atoms with E-state index < -0.39 is 6.04 Å². The molecule has 30 heavy (non-hydrogen) atoms. The summed E-state index contributed by atoms with van der Waals surface area (Å²) in [5.41, 5.74) is 1.67. The van der Waals surface area contributed by atoms with Crippen molar-refractivity contribution in [3.63, 3.8) is 0 Å². The standard InChI is InChI=1S/C23H24N4O3/c1-16(27-14-6-13-24-27)22(28)25-17-7-4-8-18(15-17)26-23(29)20-11-2-3-12-21(20)30-19-9-5-10-19/h2-4,6-8,11-16,19H,5,9-10H2,1H3,(H,25,28)(H,26,29). The quantitative estimate of drug-likeness (QED) is 0.616. The highest BCUT2D eigenvalue weighted by atomic mass is 16.5. The number of aromatic nitrogens is 2. The second-order valence-corrected chi connectivity index (χ2v) is 7.35. The first-order valence-electron chi connectivity index (χ1n) is 10.1. The fourth-order valence-electron chi connectivity index (χ4n) is 3.17. The van der Waals surface area contributed by atoms with Crippen LogP contribution in [0.4, 0.5) is 11.4 Å². The van der Waals surface area contributed by atoms with Gasteiger partial charge in [-0.05, 0) is 62.6 Å². The molecule has 1 aliphatic rings. The number of hydrogen-bond donors (Lipinski definition) is 2. The summed E-state index contributed by atoms with van der Waals surface area (Å²) in [5.74, 6) is 0.150. The lowest BCUT2D eigenvalue weighted by Crippen LogP contribution is -2.26. The van der Waals surface area contributed by atoms with E-state index in [9.17, 15) is 9.59 Å². The number of nitrogens with one attached hydrogen (secondary N) is 2. The zero-order valence-electron chi connectivity index (χ0n) is 16.7. The fourth-order valence-corrected chi connectivity index (χ4v) is 3.17. The van der Waals surface area contributed by atoms with Crippen molar-refractivity contribution in [3.05, 3.63) is 72.6 Å². The zero-order valence-corrected chi connectivity index (χ0v) is 16.7. The van der Waals surface area contributed by atoms with E-state index in [-0.39, 0.29) is 17.9 Å². The molecule has 7 nitrogen and oxygen atoms in total. The molecule has 0 aliphatic heterocycles. The lowest BCUT2D eigenvalue weighted by Gasteiger charge is -2.27. The molecule has 1 atom stereocenters. The van der Waals surface area contributed by atoms with Gasteiger partial charge >= 0.3 is 0 Å². The maximum absolute atomic E-state index is 12.8. The van der Waals surface area contributed by atoms with Crippen molar-refractivity contribution >= 4 is 23.2 Å². The van der Waals surface area contributed by atoms with Crippen LogP contribution >= 0.6 is 0 Å². The Hall–Kier alpha value is -3.61. The number of ether oxygens (including phenoxy) is 1. The summed E-state index contributed by atoms with van der Waals surface area (Å²) >= 11 is 0. The van der Waals surface area contributed by atoms with Gasteiger partial charge in [0.2, 0.25) is 5.91 Å². The molecule has 0 spiro atoms. The van der Waals surface area contributed by atoms with Gasteiger partial charge in [0.05, 0.1) is 11.7 Å². The van der Waals surface area contributed by atoms with Gasteiger partial charge in [0.15, 0.2) is 0 Å². The molecule has 0 saturated heterocycles. The third-order valence-electron chi connectivity index (χ3n) is 5.17. The molecule has 1 unspecified atom stereocenters. The molecule has 0 radical (unpaired) electrons. The van der Waals surface area contributed by atoms with Crippen LogP contribution in [0.5, 0.6) is 5.75 Å². The SMILES string of the molecule is CC(C(=O)Nc1cccc(NC(=O)c2ccccc2OC2CCC2)c1)n1cccn1. The Bertz CT molecular complexity index is 1030. The lowest BCUT2D eigenvalue weighted by atomic mass is 9.96. The second-order valence-electron chi connectivity index (χ2n) is 7.35. The van der Waals surface area contributed by atoms with Crippen LogP contribution in [0.1, 0.15) is 42.6 Å². The van der Waals surface area contributed by atoms with Crippen LogP contribution in [0, 0.1) is 0 Å². The van der Waals surface area contributed by atoms with E-state index in [1.54, 1.807) is 60.4 Å². The Balaban J connectivity index is 1.43. The number of amides is 2. The zero-order chi connectivity index (χ0) is 20.9. The monoisotopic (exact) mass is 404 g/mol. The van der Waals surface area contributed by atoms with Gasteiger partial charge in [-0.1, -0.05) is 18.2 Å². The molecule has 3 aromatic rings. The Labute approximate surface area is 175 Å². The van der Waals surface area contributed by atoms with Gasteiger partial charge in [0.1, 0.15) is 11.8 Å². The van der Waals surface area contributed by atoms with E-state index in [1.807, 2.05) is 18.2 Å². The van der Waals surface area contributed by atoms with Gasteiger partial charge in [-0.25, -0.2) is 0 Å². The molecule has 1 aromatic heterocycles. The second kappa shape index (κ2) is 8.82. The average molecular weight is 404 g/mol. The predicted molar refractivity (Wildman–Crippen MR) is 115 cm³/mol. The number of anilines is 2. The summed E-state index contributed by atoms with van der Waals surface area (Å²) in [6, 6.07) is 15.6. The molecule has 1 saturated carbocycles. The van der Waals surface area contributed by atoms with E-state index in [4.69, 9.17) is 4.74 Å². The summed E-state index contributed by atoms with van der Waals surface area (Å²) in [6.45, 7) is 1.77. The Kier molecular flexibility index (Phi) is 5.79. The van der Waals surface area contributed by atoms with Crippen molar-refractivity contribution in [2.75, 3.05) is 10.6 Å². The van der Waals surface area contributed by atoms with E-state index in [0.717, 1.165) is 19.3 Å². The van der Waals surface area contributed by atoms with Crippen LogP contribution in [0.15, 0.2) is 67.0 Å². The Morgan fingerprint density at radius 1 is 1.07 bits per heavy atom. The van der Waals surface area contributed by atoms with Crippen molar-refractivity contribution in [1.82, 2.24) is 9.78 Å². The summed E-state index contributed by atoms with van der Waals surface area (Å²) in [6.07, 6.45) is 6.77. The topological polar surface area (TPSA) is 85.3 Å². The molecule has 2 aromatic carbocycles. The lowest BCUT2D eigenvalue weighted by molar-refractivity contribution is -0.119. The fraction of sp³-hybridized carbons (Fsp3) is 0.261. The first-order valence-corrected chi connectivity index (χ1v) is 10.1. The highest BCUT2D eigenvalue weighted by Gasteiger charge is 2.22. The van der Waals surface area contributed by atoms with Crippen molar-refractivity contribution < 1.29 is 14.3 Å². The van der Waals surface area contributed by atoms with Gasteiger partial charge in [-0.3, -0.25) is 14.3 Å². The van der Waals surface area contributed by atoms with E-state index >= 15 is 0 Å². The van der Waals surface area contributed by atoms with Crippen molar-refractivity contribution in [2.45, 2.75) is 38.3 Å². The molecule has 0 bridgehead atoms. The van der Waals surface area contributed by atoms with Crippen LogP contribution in [0.3, 0.4) is 0 Å². The molecule has 154 valence electrons. The van der Waals surface area contributed by atoms with Crippen molar-refractivity contribution in [3.8, 4) is 5.75 Å². The summed E-state index contributed by atoms with van der Waals surface area (Å²) in [7, 11) is 0. The van der Waals surface area contributed by atoms with Gasteiger partial charge in [0.25, 0.3) is 5.91 Å². The van der Waals surface area contributed by atoms with Gasteiger partial charge < -0.3 is 15.4 Å². The molecule has 1 heterocycles. The van der Waals surface area contributed by atoms with Crippen LogP contribution in [0.2, 0.25) is 0 Å². The highest BCUT2D eigenvalue weighted by Crippen LogP contribution is 2.28. The van der Waals surface area contributed by atoms with Crippen molar-refractivity contribution in [2.24, 2.45) is 0 Å². The number of nitrogens with zero attached hydrogens (tertiary/aromatic N) is 2. The van der Waals surface area contributed by atoms with Gasteiger partial charge in [0, 0.05) is 23.8 Å². The summed E-state index contributed by atoms with van der Waals surface area (Å²) < 4.78 is 7.54. The minimum absolute atomic E-state index is 0.189. The largest absolute Gasteiger partial charge is 0.490 e. The first-order chi connectivity index (χ1) is 14.6. The Morgan fingerprint density at radius 2 is 1.83 bits per heavy atom. The molecular formula is C23H24N4O3. The Morgan fingerprint density at radius 3 is 2.53 bits per heavy atom. The van der Waals surface area contributed by atoms with Gasteiger partial charge in [-0.2, -0.15) is 5.10 Å². The summed E-state index contributed by atoms with van der Waals surface area (Å²) in [4.78, 5) is 25.3. The van der Waals surface area contributed by atoms with Crippen LogP contribution in [0.25, 0.3) is 0 Å². The number of rotatable bonds is 7. The number of benzene rings is 2. The van der Waals surface area contributed by atoms with E-state index in [2.05, 4.69) is 15.7 Å². The molecule has 4 rings (SSSR count). The maximum Gasteiger partial charge on any atom is 0.259 e. The average Bonchev–Trinajstić information content (AvgIpc) is 3.25. The van der Waals surface area contributed by atoms with Crippen molar-refractivity contribution in [1.29, 1.82) is 0 Å². The molecule has 2 N–H and O–H groups in total. The van der Waals surface area contributed by atoms with E-state index in [0.29, 0.717) is 22.7 Å². The molecule has 7 heteroatoms. The molecule has 1 fully saturated rings. The van der Waals surface area contributed by atoms with Crippen LogP contribution in [-0.4, -0.2) is 27.7 Å². The number of carbonyl (C=O) groups is 2. The minimum atomic E-state index is -0.450. The third-order valence-corrected chi connectivity index (χ3v) is 5.17. The third kappa shape index (κ3) is 4.51. The smallest absolute Gasteiger partial charge is 0.259 e. The molecule has 2 amide bonds. The highest BCUT2D eigenvalue weighted by molar-refractivity contribution is 6.06.